The summed E-state index contributed by atoms with van der Waals surface area (Å²) in [5.41, 5.74) is 1.66. The molecule has 1 aliphatic rings. The van der Waals surface area contributed by atoms with E-state index in [1.54, 1.807) is 39.4 Å². The van der Waals surface area contributed by atoms with Crippen LogP contribution in [0.5, 0.6) is 0 Å². The molecule has 2 aromatic heterocycles. The lowest BCUT2D eigenvalue weighted by Crippen LogP contribution is -2.37. The fourth-order valence-corrected chi connectivity index (χ4v) is 4.46. The van der Waals surface area contributed by atoms with Gasteiger partial charge in [0.25, 0.3) is 5.91 Å². The molecule has 0 spiro atoms. The third kappa shape index (κ3) is 3.15. The summed E-state index contributed by atoms with van der Waals surface area (Å²) >= 11 is 0. The quantitative estimate of drug-likeness (QED) is 0.508. The zero-order valence-electron chi connectivity index (χ0n) is 17.5. The number of fused-ring (bicyclic) bond motifs is 3. The normalized spacial score (nSPS) is 19.4. The van der Waals surface area contributed by atoms with E-state index in [0.717, 1.165) is 28.4 Å². The molecule has 4 aromatic rings. The maximum absolute atomic E-state index is 13.1. The van der Waals surface area contributed by atoms with Crippen LogP contribution in [0, 0.1) is 0 Å². The highest BCUT2D eigenvalue weighted by molar-refractivity contribution is 6.10. The van der Waals surface area contributed by atoms with E-state index < -0.39 is 17.8 Å². The summed E-state index contributed by atoms with van der Waals surface area (Å²) in [7, 11) is 1.77. The smallest absolute Gasteiger partial charge is 0.391 e. The molecule has 32 heavy (non-hydrogen) atoms. The minimum Gasteiger partial charge on any atom is -0.391 e. The van der Waals surface area contributed by atoms with Crippen LogP contribution in [0.25, 0.3) is 27.6 Å². The lowest BCUT2D eigenvalue weighted by Gasteiger charge is -2.22. The van der Waals surface area contributed by atoms with Crippen molar-refractivity contribution in [2.45, 2.75) is 31.7 Å². The Morgan fingerprint density at radius 1 is 1.12 bits per heavy atom. The van der Waals surface area contributed by atoms with Gasteiger partial charge in [0.05, 0.1) is 23.2 Å². The summed E-state index contributed by atoms with van der Waals surface area (Å²) in [4.78, 5) is 14.7. The standard InChI is InChI=1S/C23H21F3N4O2/c1-13-20(31)9-10-29(13)22(32)14-3-8-19-17(11-14)18-12-28(2)27-21(18)30(19)16-6-4-15(5-7-16)23(24,25)26/h3-8,11-13,20,31H,9-10H2,1-2H3/t13-,20-/m0/s1. The number of alkyl halides is 3. The van der Waals surface area contributed by atoms with Crippen LogP contribution in [0.2, 0.25) is 0 Å². The zero-order chi connectivity index (χ0) is 22.8. The summed E-state index contributed by atoms with van der Waals surface area (Å²) in [6.07, 6.45) is -2.57. The number of aliphatic hydroxyl groups is 1. The average Bonchev–Trinajstić information content (AvgIpc) is 3.38. The molecule has 2 aromatic carbocycles. The Balaban J connectivity index is 1.64. The van der Waals surface area contributed by atoms with Crippen molar-refractivity contribution in [2.75, 3.05) is 6.54 Å². The summed E-state index contributed by atoms with van der Waals surface area (Å²) in [6.45, 7) is 2.32. The Morgan fingerprint density at radius 2 is 1.84 bits per heavy atom. The molecule has 0 aliphatic carbocycles. The van der Waals surface area contributed by atoms with Gasteiger partial charge in [0.1, 0.15) is 0 Å². The van der Waals surface area contributed by atoms with Crippen molar-refractivity contribution in [3.05, 3.63) is 59.8 Å². The predicted octanol–water partition coefficient (Wildman–Crippen LogP) is 4.13. The zero-order valence-corrected chi connectivity index (χ0v) is 17.5. The van der Waals surface area contributed by atoms with Gasteiger partial charge in [0.15, 0.2) is 5.65 Å². The van der Waals surface area contributed by atoms with Gasteiger partial charge in [-0.15, -0.1) is 0 Å². The van der Waals surface area contributed by atoms with Crippen LogP contribution in [0.15, 0.2) is 48.7 Å². The summed E-state index contributed by atoms with van der Waals surface area (Å²) in [5.74, 6) is -0.157. The molecule has 1 amide bonds. The molecule has 5 rings (SSSR count). The molecule has 1 fully saturated rings. The molecule has 0 radical (unpaired) electrons. The number of hydrogen-bond donors (Lipinski definition) is 1. The number of nitrogens with zero attached hydrogens (tertiary/aromatic N) is 4. The Bertz CT molecular complexity index is 1340. The van der Waals surface area contributed by atoms with Crippen LogP contribution < -0.4 is 0 Å². The van der Waals surface area contributed by atoms with Gasteiger partial charge in [-0.25, -0.2) is 0 Å². The Labute approximate surface area is 181 Å². The van der Waals surface area contributed by atoms with Gasteiger partial charge in [-0.05, 0) is 55.8 Å². The lowest BCUT2D eigenvalue weighted by molar-refractivity contribution is -0.137. The van der Waals surface area contributed by atoms with Crippen molar-refractivity contribution in [1.29, 1.82) is 0 Å². The second-order valence-corrected chi connectivity index (χ2v) is 8.25. The van der Waals surface area contributed by atoms with Crippen LogP contribution in [0.1, 0.15) is 29.3 Å². The summed E-state index contributed by atoms with van der Waals surface area (Å²) in [6, 6.07) is 9.97. The van der Waals surface area contributed by atoms with E-state index in [0.29, 0.717) is 29.9 Å². The summed E-state index contributed by atoms with van der Waals surface area (Å²) < 4.78 is 42.4. The number of carbonyl (C=O) groups excluding carboxylic acids is 1. The molecule has 1 aliphatic heterocycles. The second-order valence-electron chi connectivity index (χ2n) is 8.25. The lowest BCUT2D eigenvalue weighted by atomic mass is 10.1. The molecule has 1 saturated heterocycles. The monoisotopic (exact) mass is 442 g/mol. The highest BCUT2D eigenvalue weighted by atomic mass is 19.4. The Hall–Kier alpha value is -3.33. The van der Waals surface area contributed by atoms with E-state index in [1.807, 2.05) is 13.1 Å². The molecule has 0 unspecified atom stereocenters. The number of amides is 1. The molecule has 0 bridgehead atoms. The van der Waals surface area contributed by atoms with Crippen LogP contribution in [0.4, 0.5) is 13.2 Å². The first-order valence-corrected chi connectivity index (χ1v) is 10.3. The van der Waals surface area contributed by atoms with Crippen molar-refractivity contribution in [2.24, 2.45) is 7.05 Å². The first-order chi connectivity index (χ1) is 15.1. The average molecular weight is 442 g/mol. The minimum absolute atomic E-state index is 0.157. The highest BCUT2D eigenvalue weighted by Gasteiger charge is 2.33. The van der Waals surface area contributed by atoms with E-state index in [4.69, 9.17) is 0 Å². The van der Waals surface area contributed by atoms with Gasteiger partial charge in [-0.1, -0.05) is 0 Å². The van der Waals surface area contributed by atoms with Gasteiger partial charge in [-0.3, -0.25) is 14.0 Å². The first kappa shape index (κ1) is 20.6. The van der Waals surface area contributed by atoms with Crippen molar-refractivity contribution in [1.82, 2.24) is 19.2 Å². The van der Waals surface area contributed by atoms with Crippen LogP contribution in [-0.4, -0.2) is 49.0 Å². The van der Waals surface area contributed by atoms with E-state index in [-0.39, 0.29) is 11.9 Å². The number of aryl methyl sites for hydroxylation is 1. The fourth-order valence-electron chi connectivity index (χ4n) is 4.46. The number of benzene rings is 2. The number of aromatic nitrogens is 3. The van der Waals surface area contributed by atoms with Crippen LogP contribution in [-0.2, 0) is 13.2 Å². The van der Waals surface area contributed by atoms with Crippen molar-refractivity contribution in [3.8, 4) is 5.69 Å². The second kappa shape index (κ2) is 7.09. The van der Waals surface area contributed by atoms with Gasteiger partial charge in [0.2, 0.25) is 0 Å². The third-order valence-electron chi connectivity index (χ3n) is 6.22. The SMILES string of the molecule is C[C@H]1[C@@H](O)CCN1C(=O)c1ccc2c(c1)c1cn(C)nc1n2-c1ccc(C(F)(F)F)cc1. The number of hydrogen-bond acceptors (Lipinski definition) is 3. The maximum atomic E-state index is 13.1. The molecule has 3 heterocycles. The number of likely N-dealkylation sites (tertiary alicyclic amines) is 1. The fraction of sp³-hybridized carbons (Fsp3) is 0.304. The molecule has 2 atom stereocenters. The molecule has 6 nitrogen and oxygen atoms in total. The summed E-state index contributed by atoms with van der Waals surface area (Å²) in [5, 5.41) is 16.1. The third-order valence-corrected chi connectivity index (χ3v) is 6.22. The molecular weight excluding hydrogens is 421 g/mol. The molecule has 1 N–H and O–H groups in total. The first-order valence-electron chi connectivity index (χ1n) is 10.3. The van der Waals surface area contributed by atoms with Crippen molar-refractivity contribution >= 4 is 27.8 Å². The maximum Gasteiger partial charge on any atom is 0.416 e. The molecule has 9 heteroatoms. The molecule has 166 valence electrons. The van der Waals surface area contributed by atoms with Crippen LogP contribution in [0.3, 0.4) is 0 Å². The Morgan fingerprint density at radius 3 is 2.47 bits per heavy atom. The van der Waals surface area contributed by atoms with E-state index in [9.17, 15) is 23.1 Å². The molecular formula is C23H21F3N4O2. The van der Waals surface area contributed by atoms with E-state index in [2.05, 4.69) is 5.10 Å². The van der Waals surface area contributed by atoms with Gasteiger partial charge in [0, 0.05) is 41.8 Å². The largest absolute Gasteiger partial charge is 0.416 e. The van der Waals surface area contributed by atoms with Gasteiger partial charge < -0.3 is 10.0 Å². The van der Waals surface area contributed by atoms with Gasteiger partial charge >= 0.3 is 6.18 Å². The van der Waals surface area contributed by atoms with Gasteiger partial charge in [-0.2, -0.15) is 18.3 Å². The van der Waals surface area contributed by atoms with Crippen molar-refractivity contribution in [3.63, 3.8) is 0 Å². The van der Waals surface area contributed by atoms with Crippen molar-refractivity contribution < 1.29 is 23.1 Å². The topological polar surface area (TPSA) is 63.3 Å². The molecule has 0 saturated carbocycles. The van der Waals surface area contributed by atoms with E-state index >= 15 is 0 Å². The van der Waals surface area contributed by atoms with Crippen LogP contribution >= 0.6 is 0 Å². The Kier molecular flexibility index (Phi) is 4.56. The number of rotatable bonds is 2. The number of halogens is 3. The number of carbonyl (C=O) groups is 1. The minimum atomic E-state index is -4.41. The van der Waals surface area contributed by atoms with E-state index in [1.165, 1.54) is 12.1 Å². The predicted molar refractivity (Wildman–Crippen MR) is 114 cm³/mol. The number of aliphatic hydroxyl groups excluding tert-OH is 1. The highest BCUT2D eigenvalue weighted by Crippen LogP contribution is 2.34.